The van der Waals surface area contributed by atoms with E-state index in [9.17, 15) is 4.39 Å². The third-order valence-corrected chi connectivity index (χ3v) is 2.48. The van der Waals surface area contributed by atoms with E-state index in [0.29, 0.717) is 17.0 Å². The molecule has 2 nitrogen and oxygen atoms in total. The van der Waals surface area contributed by atoms with Gasteiger partial charge in [-0.05, 0) is 24.6 Å². The minimum Gasteiger partial charge on any atom is -0.326 e. The first-order valence-electron chi connectivity index (χ1n) is 4.52. The molecule has 2 unspecified atom stereocenters. The molecule has 1 aromatic rings. The largest absolute Gasteiger partial charge is 0.326 e. The summed E-state index contributed by atoms with van der Waals surface area (Å²) in [5.41, 5.74) is 11.9. The second kappa shape index (κ2) is 4.73. The van der Waals surface area contributed by atoms with E-state index in [1.165, 1.54) is 18.2 Å². The Morgan fingerprint density at radius 1 is 1.43 bits per heavy atom. The standard InChI is InChI=1S/C10H14ClFN2/c1-2-9(13)10(14)7-5-6(11)3-4-8(7)12/h3-5,9-10H,2,13-14H2,1H3. The van der Waals surface area contributed by atoms with E-state index in [2.05, 4.69) is 0 Å². The number of nitrogens with two attached hydrogens (primary N) is 2. The fourth-order valence-electron chi connectivity index (χ4n) is 1.25. The van der Waals surface area contributed by atoms with E-state index in [-0.39, 0.29) is 11.9 Å². The summed E-state index contributed by atoms with van der Waals surface area (Å²) in [4.78, 5) is 0. The van der Waals surface area contributed by atoms with Crippen molar-refractivity contribution in [2.75, 3.05) is 0 Å². The lowest BCUT2D eigenvalue weighted by atomic mass is 9.99. The number of hydrogen-bond donors (Lipinski definition) is 2. The van der Waals surface area contributed by atoms with E-state index >= 15 is 0 Å². The zero-order valence-electron chi connectivity index (χ0n) is 8.00. The van der Waals surface area contributed by atoms with Gasteiger partial charge in [-0.15, -0.1) is 0 Å². The van der Waals surface area contributed by atoms with Gasteiger partial charge in [-0.1, -0.05) is 18.5 Å². The Hall–Kier alpha value is -0.640. The Morgan fingerprint density at radius 3 is 2.64 bits per heavy atom. The Labute approximate surface area is 88.0 Å². The average Bonchev–Trinajstić information content (AvgIpc) is 2.19. The van der Waals surface area contributed by atoms with E-state index in [4.69, 9.17) is 23.1 Å². The van der Waals surface area contributed by atoms with Crippen LogP contribution in [0, 0.1) is 5.82 Å². The average molecular weight is 217 g/mol. The zero-order chi connectivity index (χ0) is 10.7. The highest BCUT2D eigenvalue weighted by molar-refractivity contribution is 6.30. The molecular weight excluding hydrogens is 203 g/mol. The van der Waals surface area contributed by atoms with Crippen molar-refractivity contribution in [3.8, 4) is 0 Å². The van der Waals surface area contributed by atoms with E-state index < -0.39 is 6.04 Å². The molecule has 0 aromatic heterocycles. The first-order valence-corrected chi connectivity index (χ1v) is 4.90. The molecular formula is C10H14ClFN2. The number of rotatable bonds is 3. The maximum Gasteiger partial charge on any atom is 0.128 e. The quantitative estimate of drug-likeness (QED) is 0.814. The first kappa shape index (κ1) is 11.4. The smallest absolute Gasteiger partial charge is 0.128 e. The highest BCUT2D eigenvalue weighted by atomic mass is 35.5. The van der Waals surface area contributed by atoms with Gasteiger partial charge in [0.25, 0.3) is 0 Å². The van der Waals surface area contributed by atoms with Gasteiger partial charge in [0.05, 0.1) is 0 Å². The number of benzene rings is 1. The lowest BCUT2D eigenvalue weighted by Crippen LogP contribution is -2.33. The van der Waals surface area contributed by atoms with Crippen LogP contribution in [0.15, 0.2) is 18.2 Å². The molecule has 0 fully saturated rings. The Morgan fingerprint density at radius 2 is 2.07 bits per heavy atom. The molecule has 0 saturated carbocycles. The van der Waals surface area contributed by atoms with E-state index in [1.54, 1.807) is 0 Å². The molecule has 0 aliphatic carbocycles. The van der Waals surface area contributed by atoms with Crippen LogP contribution >= 0.6 is 11.6 Å². The molecule has 4 heteroatoms. The minimum atomic E-state index is -0.501. The van der Waals surface area contributed by atoms with Crippen LogP contribution in [-0.4, -0.2) is 6.04 Å². The minimum absolute atomic E-state index is 0.247. The Bertz CT molecular complexity index is 317. The predicted molar refractivity (Wildman–Crippen MR) is 56.6 cm³/mol. The molecule has 0 heterocycles. The summed E-state index contributed by atoms with van der Waals surface area (Å²) in [6.07, 6.45) is 0.702. The van der Waals surface area contributed by atoms with E-state index in [1.807, 2.05) is 6.92 Å². The topological polar surface area (TPSA) is 52.0 Å². The van der Waals surface area contributed by atoms with Gasteiger partial charge < -0.3 is 11.5 Å². The molecule has 0 radical (unpaired) electrons. The van der Waals surface area contributed by atoms with Gasteiger partial charge in [-0.3, -0.25) is 0 Å². The maximum absolute atomic E-state index is 13.3. The molecule has 1 aromatic carbocycles. The summed E-state index contributed by atoms with van der Waals surface area (Å²) in [6, 6.07) is 3.57. The third-order valence-electron chi connectivity index (χ3n) is 2.25. The van der Waals surface area contributed by atoms with Crippen molar-refractivity contribution in [1.82, 2.24) is 0 Å². The molecule has 4 N–H and O–H groups in total. The van der Waals surface area contributed by atoms with Crippen LogP contribution in [0.2, 0.25) is 5.02 Å². The third kappa shape index (κ3) is 2.44. The molecule has 78 valence electrons. The second-order valence-electron chi connectivity index (χ2n) is 3.26. The SMILES string of the molecule is CCC(N)C(N)c1cc(Cl)ccc1F. The number of halogens is 2. The fourth-order valence-corrected chi connectivity index (χ4v) is 1.44. The second-order valence-corrected chi connectivity index (χ2v) is 3.70. The summed E-state index contributed by atoms with van der Waals surface area (Å²) in [7, 11) is 0. The highest BCUT2D eigenvalue weighted by Gasteiger charge is 2.17. The van der Waals surface area contributed by atoms with Gasteiger partial charge >= 0.3 is 0 Å². The molecule has 1 rings (SSSR count). The molecule has 0 saturated heterocycles. The summed E-state index contributed by atoms with van der Waals surface area (Å²) >= 11 is 5.75. The summed E-state index contributed by atoms with van der Waals surface area (Å²) in [5, 5.41) is 0.472. The van der Waals surface area contributed by atoms with Crippen LogP contribution in [0.25, 0.3) is 0 Å². The van der Waals surface area contributed by atoms with E-state index in [0.717, 1.165) is 0 Å². The van der Waals surface area contributed by atoms with Crippen molar-refractivity contribution >= 4 is 11.6 Å². The number of hydrogen-bond acceptors (Lipinski definition) is 2. The van der Waals surface area contributed by atoms with Crippen molar-refractivity contribution < 1.29 is 4.39 Å². The van der Waals surface area contributed by atoms with Crippen LogP contribution in [0.1, 0.15) is 24.9 Å². The molecule has 0 spiro atoms. The maximum atomic E-state index is 13.3. The van der Waals surface area contributed by atoms with Gasteiger partial charge in [-0.2, -0.15) is 0 Å². The van der Waals surface area contributed by atoms with Gasteiger partial charge in [0.1, 0.15) is 5.82 Å². The predicted octanol–water partition coefficient (Wildman–Crippen LogP) is 2.22. The van der Waals surface area contributed by atoms with Gasteiger partial charge in [0.15, 0.2) is 0 Å². The lowest BCUT2D eigenvalue weighted by molar-refractivity contribution is 0.502. The van der Waals surface area contributed by atoms with Crippen LogP contribution in [0.4, 0.5) is 4.39 Å². The van der Waals surface area contributed by atoms with Crippen molar-refractivity contribution in [3.63, 3.8) is 0 Å². The zero-order valence-corrected chi connectivity index (χ0v) is 8.76. The highest BCUT2D eigenvalue weighted by Crippen LogP contribution is 2.22. The molecule has 0 aliphatic heterocycles. The molecule has 2 atom stereocenters. The summed E-state index contributed by atoms with van der Waals surface area (Å²) in [6.45, 7) is 1.91. The van der Waals surface area contributed by atoms with Gasteiger partial charge in [0.2, 0.25) is 0 Å². The molecule has 0 amide bonds. The normalized spacial score (nSPS) is 15.2. The van der Waals surface area contributed by atoms with Crippen molar-refractivity contribution in [2.45, 2.75) is 25.4 Å². The fraction of sp³-hybridized carbons (Fsp3) is 0.400. The Balaban J connectivity index is 2.99. The van der Waals surface area contributed by atoms with Crippen molar-refractivity contribution in [1.29, 1.82) is 0 Å². The van der Waals surface area contributed by atoms with Crippen molar-refractivity contribution in [3.05, 3.63) is 34.6 Å². The summed E-state index contributed by atoms with van der Waals surface area (Å²) in [5.74, 6) is -0.356. The molecule has 0 aliphatic rings. The molecule has 14 heavy (non-hydrogen) atoms. The monoisotopic (exact) mass is 216 g/mol. The van der Waals surface area contributed by atoms with Gasteiger partial charge in [0, 0.05) is 22.7 Å². The van der Waals surface area contributed by atoms with Crippen LogP contribution in [-0.2, 0) is 0 Å². The Kier molecular flexibility index (Phi) is 3.86. The van der Waals surface area contributed by atoms with Crippen LogP contribution in [0.3, 0.4) is 0 Å². The van der Waals surface area contributed by atoms with Gasteiger partial charge in [-0.25, -0.2) is 4.39 Å². The van der Waals surface area contributed by atoms with Crippen molar-refractivity contribution in [2.24, 2.45) is 11.5 Å². The summed E-state index contributed by atoms with van der Waals surface area (Å²) < 4.78 is 13.3. The lowest BCUT2D eigenvalue weighted by Gasteiger charge is -2.19. The van der Waals surface area contributed by atoms with Crippen LogP contribution < -0.4 is 11.5 Å². The molecule has 0 bridgehead atoms. The first-order chi connectivity index (χ1) is 6.56. The van der Waals surface area contributed by atoms with Crippen LogP contribution in [0.5, 0.6) is 0 Å².